The number of amides is 3. The molecule has 1 aromatic heterocycles. The molecule has 0 saturated carbocycles. The highest BCUT2D eigenvalue weighted by Gasteiger charge is 2.42. The first-order valence-electron chi connectivity index (χ1n) is 14.1. The van der Waals surface area contributed by atoms with Crippen LogP contribution in [-0.4, -0.2) is 71.4 Å². The van der Waals surface area contributed by atoms with Gasteiger partial charge in [0, 0.05) is 22.5 Å². The number of carbonyl (C=O) groups is 3. The van der Waals surface area contributed by atoms with E-state index in [1.807, 2.05) is 20.8 Å². The molecule has 3 unspecified atom stereocenters. The number of benzene rings is 2. The van der Waals surface area contributed by atoms with Crippen LogP contribution in [0.4, 0.5) is 21.6 Å². The number of halogens is 4. The van der Waals surface area contributed by atoms with Crippen LogP contribution >= 0.6 is 39.9 Å². The molecule has 244 valence electrons. The average molecular weight is 729 g/mol. The third-order valence-corrected chi connectivity index (χ3v) is 8.83. The van der Waals surface area contributed by atoms with Crippen molar-refractivity contribution in [2.45, 2.75) is 58.7 Å². The van der Waals surface area contributed by atoms with Gasteiger partial charge in [0.2, 0.25) is 17.7 Å². The lowest BCUT2D eigenvalue weighted by Crippen LogP contribution is -2.59. The number of likely N-dealkylation sites (tertiary alicyclic amines) is 1. The number of rotatable bonds is 9. The fraction of sp³-hybridized carbons (Fsp3) is 0.433. The lowest BCUT2D eigenvalue weighted by molar-refractivity contribution is -0.143. The highest BCUT2D eigenvalue weighted by atomic mass is 79.9. The Morgan fingerprint density at radius 1 is 1.18 bits per heavy atom. The smallest absolute Gasteiger partial charge is 0.247 e. The molecule has 3 atom stereocenters. The Morgan fingerprint density at radius 2 is 1.89 bits per heavy atom. The summed E-state index contributed by atoms with van der Waals surface area (Å²) in [6.07, 6.45) is 2.40. The van der Waals surface area contributed by atoms with Crippen molar-refractivity contribution >= 4 is 85.8 Å². The summed E-state index contributed by atoms with van der Waals surface area (Å²) < 4.78 is 20.8. The lowest BCUT2D eigenvalue weighted by Gasteiger charge is -2.36. The number of ether oxygens (including phenoxy) is 1. The van der Waals surface area contributed by atoms with Gasteiger partial charge in [-0.3, -0.25) is 14.4 Å². The number of nitrogens with one attached hydrogen (secondary N) is 4. The Bertz CT molecular complexity index is 1590. The molecule has 2 aromatic carbocycles. The summed E-state index contributed by atoms with van der Waals surface area (Å²) in [5, 5.41) is 12.0. The molecule has 1 fully saturated rings. The Kier molecular flexibility index (Phi) is 12.0. The maximum atomic E-state index is 14.8. The fourth-order valence-electron chi connectivity index (χ4n) is 4.93. The maximum Gasteiger partial charge on any atom is 0.247 e. The first kappa shape index (κ1) is 36.2. The van der Waals surface area contributed by atoms with E-state index < -0.39 is 35.3 Å². The zero-order valence-electron chi connectivity index (χ0n) is 25.8. The van der Waals surface area contributed by atoms with Crippen LogP contribution in [-0.2, 0) is 14.4 Å². The van der Waals surface area contributed by atoms with Crippen LogP contribution in [0.2, 0.25) is 5.02 Å². The van der Waals surface area contributed by atoms with Gasteiger partial charge in [-0.15, -0.1) is 12.4 Å². The SMILES string of the molecule is CNC(C)C(=O)NC(C(=O)N1CCCC1C(=O)Nc1cc2c(Nc3ccc(Br)c(Cl)c3F)ncnc2cc1OC)C(C)(C)C.Cl. The van der Waals surface area contributed by atoms with E-state index >= 15 is 0 Å². The summed E-state index contributed by atoms with van der Waals surface area (Å²) in [6.45, 7) is 7.68. The molecule has 15 heteroatoms. The zero-order valence-corrected chi connectivity index (χ0v) is 28.9. The van der Waals surface area contributed by atoms with Gasteiger partial charge in [0.15, 0.2) is 5.82 Å². The number of aromatic nitrogens is 2. The first-order valence-corrected chi connectivity index (χ1v) is 15.3. The molecule has 3 aromatic rings. The molecule has 0 bridgehead atoms. The number of likely N-dealkylation sites (N-methyl/N-ethyl adjacent to an activating group) is 1. The molecule has 0 spiro atoms. The average Bonchev–Trinajstić information content (AvgIpc) is 3.49. The van der Waals surface area contributed by atoms with Crippen LogP contribution < -0.4 is 26.0 Å². The molecular weight excluding hydrogens is 692 g/mol. The van der Waals surface area contributed by atoms with Gasteiger partial charge in [-0.05, 0) is 66.4 Å². The summed E-state index contributed by atoms with van der Waals surface area (Å²) in [5.41, 5.74) is 0.301. The largest absolute Gasteiger partial charge is 0.494 e. The molecule has 45 heavy (non-hydrogen) atoms. The zero-order chi connectivity index (χ0) is 32.3. The Balaban J connectivity index is 0.00000552. The van der Waals surface area contributed by atoms with E-state index in [-0.39, 0.29) is 40.7 Å². The summed E-state index contributed by atoms with van der Waals surface area (Å²) in [5.74, 6) is -1.09. The number of hydrogen-bond acceptors (Lipinski definition) is 8. The van der Waals surface area contributed by atoms with Crippen molar-refractivity contribution in [3.05, 3.63) is 45.9 Å². The fourth-order valence-corrected chi connectivity index (χ4v) is 5.40. The number of nitrogens with zero attached hydrogens (tertiary/aromatic N) is 3. The van der Waals surface area contributed by atoms with E-state index in [1.54, 1.807) is 32.2 Å². The van der Waals surface area contributed by atoms with E-state index in [2.05, 4.69) is 47.2 Å². The quantitative estimate of drug-likeness (QED) is 0.214. The lowest BCUT2D eigenvalue weighted by atomic mass is 9.85. The molecule has 1 aliphatic rings. The van der Waals surface area contributed by atoms with Crippen molar-refractivity contribution in [2.75, 3.05) is 31.3 Å². The minimum Gasteiger partial charge on any atom is -0.494 e. The van der Waals surface area contributed by atoms with Crippen molar-refractivity contribution in [1.29, 1.82) is 0 Å². The molecule has 0 aliphatic carbocycles. The van der Waals surface area contributed by atoms with Crippen molar-refractivity contribution in [3.8, 4) is 5.75 Å². The minimum absolute atomic E-state index is 0. The standard InChI is InChI=1S/C30H36BrClFN7O4.ClH/c1-15(34-5)27(41)39-25(30(2,3)4)29(43)40-11-7-8-21(40)28(42)38-20-12-16-19(13-22(20)44-6)35-14-36-26(16)37-18-10-9-17(31)23(32)24(18)33;/h9-10,12-15,21,25,34H,7-8,11H2,1-6H3,(H,38,42)(H,39,41)(H,35,36,37);1H. The second-order valence-electron chi connectivity index (χ2n) is 11.6. The number of hydrogen-bond donors (Lipinski definition) is 4. The van der Waals surface area contributed by atoms with Crippen LogP contribution in [0, 0.1) is 11.2 Å². The molecule has 3 amide bonds. The molecule has 1 aliphatic heterocycles. The summed E-state index contributed by atoms with van der Waals surface area (Å²) in [7, 11) is 3.13. The third kappa shape index (κ3) is 7.94. The number of anilines is 3. The second kappa shape index (κ2) is 14.9. The van der Waals surface area contributed by atoms with Crippen LogP contribution in [0.25, 0.3) is 10.9 Å². The van der Waals surface area contributed by atoms with Gasteiger partial charge >= 0.3 is 0 Å². The third-order valence-electron chi connectivity index (χ3n) is 7.57. The Hall–Kier alpha value is -3.26. The number of fused-ring (bicyclic) bond motifs is 1. The highest BCUT2D eigenvalue weighted by molar-refractivity contribution is 9.10. The van der Waals surface area contributed by atoms with Crippen LogP contribution in [0.5, 0.6) is 5.75 Å². The normalized spacial score (nSPS) is 16.0. The van der Waals surface area contributed by atoms with Crippen molar-refractivity contribution in [1.82, 2.24) is 25.5 Å². The molecule has 4 rings (SSSR count). The Morgan fingerprint density at radius 3 is 2.53 bits per heavy atom. The van der Waals surface area contributed by atoms with E-state index in [0.717, 1.165) is 0 Å². The van der Waals surface area contributed by atoms with Crippen LogP contribution in [0.1, 0.15) is 40.5 Å². The van der Waals surface area contributed by atoms with E-state index in [0.29, 0.717) is 46.2 Å². The molecule has 1 saturated heterocycles. The van der Waals surface area contributed by atoms with Crippen molar-refractivity contribution < 1.29 is 23.5 Å². The molecular formula is C30H37BrCl2FN7O4. The highest BCUT2D eigenvalue weighted by Crippen LogP contribution is 2.36. The molecule has 2 heterocycles. The summed E-state index contributed by atoms with van der Waals surface area (Å²) in [6, 6.07) is 4.29. The van der Waals surface area contributed by atoms with Crippen molar-refractivity contribution in [2.24, 2.45) is 5.41 Å². The number of carbonyl (C=O) groups excluding carboxylic acids is 3. The van der Waals surface area contributed by atoms with Crippen molar-refractivity contribution in [3.63, 3.8) is 0 Å². The van der Waals surface area contributed by atoms with E-state index in [9.17, 15) is 18.8 Å². The van der Waals surface area contributed by atoms with Crippen LogP contribution in [0.15, 0.2) is 35.1 Å². The topological polar surface area (TPSA) is 138 Å². The van der Waals surface area contributed by atoms with Gasteiger partial charge in [-0.25, -0.2) is 14.4 Å². The number of methoxy groups -OCH3 is 1. The summed E-state index contributed by atoms with van der Waals surface area (Å²) >= 11 is 9.27. The second-order valence-corrected chi connectivity index (χ2v) is 12.9. The van der Waals surface area contributed by atoms with Gasteiger partial charge in [0.25, 0.3) is 0 Å². The Labute approximate surface area is 280 Å². The maximum absolute atomic E-state index is 14.8. The molecule has 4 N–H and O–H groups in total. The predicted octanol–water partition coefficient (Wildman–Crippen LogP) is 5.43. The monoisotopic (exact) mass is 727 g/mol. The van der Waals surface area contributed by atoms with Gasteiger partial charge in [0.1, 0.15) is 30.0 Å². The van der Waals surface area contributed by atoms with Crippen LogP contribution in [0.3, 0.4) is 0 Å². The van der Waals surface area contributed by atoms with E-state index in [4.69, 9.17) is 16.3 Å². The van der Waals surface area contributed by atoms with Gasteiger partial charge < -0.3 is 30.9 Å². The predicted molar refractivity (Wildman–Crippen MR) is 179 cm³/mol. The minimum atomic E-state index is -0.840. The molecule has 0 radical (unpaired) electrons. The van der Waals surface area contributed by atoms with E-state index in [1.165, 1.54) is 24.4 Å². The summed E-state index contributed by atoms with van der Waals surface area (Å²) in [4.78, 5) is 50.3. The first-order chi connectivity index (χ1) is 20.8. The van der Waals surface area contributed by atoms with Gasteiger partial charge in [0.05, 0.1) is 35.1 Å². The van der Waals surface area contributed by atoms with Gasteiger partial charge in [-0.1, -0.05) is 32.4 Å². The van der Waals surface area contributed by atoms with Gasteiger partial charge in [-0.2, -0.15) is 0 Å². The molecule has 11 nitrogen and oxygen atoms in total.